The third kappa shape index (κ3) is 5.50. The molecule has 1 aliphatic rings. The summed E-state index contributed by atoms with van der Waals surface area (Å²) < 4.78 is 18.9. The van der Waals surface area contributed by atoms with Gasteiger partial charge in [-0.05, 0) is 36.2 Å². The van der Waals surface area contributed by atoms with Crippen LogP contribution < -0.4 is 10.6 Å². The predicted molar refractivity (Wildman–Crippen MR) is 109 cm³/mol. The normalized spacial score (nSPS) is 16.6. The average Bonchev–Trinajstić information content (AvgIpc) is 2.73. The fraction of sp³-hybridized carbons (Fsp3) is 0.429. The van der Waals surface area contributed by atoms with Crippen molar-refractivity contribution in [3.8, 4) is 0 Å². The van der Waals surface area contributed by atoms with Crippen molar-refractivity contribution in [1.82, 2.24) is 20.5 Å². The molecule has 0 spiro atoms. The fourth-order valence-corrected chi connectivity index (χ4v) is 3.32. The summed E-state index contributed by atoms with van der Waals surface area (Å²) in [7, 11) is 1.75. The first-order chi connectivity index (χ1) is 13.7. The minimum atomic E-state index is -0.222. The Bertz CT molecular complexity index is 775. The van der Waals surface area contributed by atoms with Crippen LogP contribution in [0.4, 0.5) is 4.39 Å². The van der Waals surface area contributed by atoms with Crippen molar-refractivity contribution in [1.29, 1.82) is 0 Å². The van der Waals surface area contributed by atoms with E-state index in [1.807, 2.05) is 31.2 Å². The highest BCUT2D eigenvalue weighted by atomic mass is 19.1. The van der Waals surface area contributed by atoms with Gasteiger partial charge in [0.2, 0.25) is 0 Å². The molecule has 1 aromatic carbocycles. The molecule has 7 heteroatoms. The van der Waals surface area contributed by atoms with Crippen molar-refractivity contribution in [2.75, 3.05) is 39.9 Å². The molecule has 2 N–H and O–H groups in total. The van der Waals surface area contributed by atoms with E-state index in [0.717, 1.165) is 29.9 Å². The molecule has 0 bridgehead atoms. The van der Waals surface area contributed by atoms with E-state index in [4.69, 9.17) is 4.74 Å². The lowest BCUT2D eigenvalue weighted by Gasteiger charge is -2.35. The zero-order valence-electron chi connectivity index (χ0n) is 16.5. The highest BCUT2D eigenvalue weighted by Crippen LogP contribution is 2.21. The Balaban J connectivity index is 1.64. The summed E-state index contributed by atoms with van der Waals surface area (Å²) in [6, 6.07) is 10.8. The largest absolute Gasteiger partial charge is 0.379 e. The first-order valence-electron chi connectivity index (χ1n) is 9.59. The lowest BCUT2D eigenvalue weighted by Crippen LogP contribution is -2.46. The Morgan fingerprint density at radius 2 is 1.96 bits per heavy atom. The van der Waals surface area contributed by atoms with E-state index in [2.05, 4.69) is 25.5 Å². The summed E-state index contributed by atoms with van der Waals surface area (Å²) in [6.45, 7) is 6.43. The minimum absolute atomic E-state index is 0.111. The fourth-order valence-electron chi connectivity index (χ4n) is 3.32. The number of rotatable bonds is 6. The second-order valence-corrected chi connectivity index (χ2v) is 6.79. The van der Waals surface area contributed by atoms with Crippen molar-refractivity contribution in [2.45, 2.75) is 19.5 Å². The molecule has 28 heavy (non-hydrogen) atoms. The molecule has 1 aliphatic heterocycles. The van der Waals surface area contributed by atoms with Gasteiger partial charge < -0.3 is 15.4 Å². The molecule has 0 saturated carbocycles. The molecule has 2 aromatic rings. The van der Waals surface area contributed by atoms with Gasteiger partial charge in [0.05, 0.1) is 31.5 Å². The van der Waals surface area contributed by atoms with E-state index in [-0.39, 0.29) is 11.9 Å². The molecule has 1 atom stereocenters. The number of aryl methyl sites for hydroxylation is 1. The van der Waals surface area contributed by atoms with Crippen molar-refractivity contribution in [3.05, 3.63) is 65.2 Å². The Morgan fingerprint density at radius 3 is 2.64 bits per heavy atom. The molecule has 6 nitrogen and oxygen atoms in total. The molecule has 0 radical (unpaired) electrons. The van der Waals surface area contributed by atoms with Gasteiger partial charge in [-0.2, -0.15) is 0 Å². The Morgan fingerprint density at radius 1 is 1.21 bits per heavy atom. The first kappa shape index (κ1) is 20.2. The number of nitrogens with zero attached hydrogens (tertiary/aromatic N) is 3. The van der Waals surface area contributed by atoms with Crippen molar-refractivity contribution >= 4 is 5.96 Å². The quantitative estimate of drug-likeness (QED) is 0.590. The van der Waals surface area contributed by atoms with Crippen LogP contribution in [0.1, 0.15) is 22.9 Å². The van der Waals surface area contributed by atoms with Crippen LogP contribution >= 0.6 is 0 Å². The lowest BCUT2D eigenvalue weighted by atomic mass is 10.0. The molecule has 0 amide bonds. The van der Waals surface area contributed by atoms with Gasteiger partial charge in [-0.3, -0.25) is 14.9 Å². The van der Waals surface area contributed by atoms with Crippen LogP contribution in [0.3, 0.4) is 0 Å². The van der Waals surface area contributed by atoms with Gasteiger partial charge in [-0.25, -0.2) is 4.39 Å². The van der Waals surface area contributed by atoms with E-state index >= 15 is 0 Å². The molecule has 0 aliphatic carbocycles. The van der Waals surface area contributed by atoms with Crippen molar-refractivity contribution in [2.24, 2.45) is 4.99 Å². The molecular weight excluding hydrogens is 357 g/mol. The smallest absolute Gasteiger partial charge is 0.191 e. The predicted octanol–water partition coefficient (Wildman–Crippen LogP) is 2.27. The number of aliphatic imine (C=N–C) groups is 1. The number of pyridine rings is 1. The molecule has 3 rings (SSSR count). The van der Waals surface area contributed by atoms with E-state index in [1.54, 1.807) is 13.2 Å². The van der Waals surface area contributed by atoms with Crippen LogP contribution in [0, 0.1) is 12.7 Å². The maximum absolute atomic E-state index is 13.4. The number of hydrogen-bond donors (Lipinski definition) is 2. The van der Waals surface area contributed by atoms with Crippen LogP contribution in [-0.2, 0) is 11.3 Å². The van der Waals surface area contributed by atoms with Crippen molar-refractivity contribution < 1.29 is 9.13 Å². The highest BCUT2D eigenvalue weighted by Gasteiger charge is 2.23. The first-order valence-corrected chi connectivity index (χ1v) is 9.59. The maximum atomic E-state index is 13.4. The number of hydrogen-bond acceptors (Lipinski definition) is 4. The summed E-state index contributed by atoms with van der Waals surface area (Å²) in [4.78, 5) is 11.1. The Labute approximate surface area is 165 Å². The number of benzene rings is 1. The standard InChI is InChI=1S/C21H28FN5O/c1-16-4-3-9-24-19(16)14-25-21(23-2)26-15-20(27-10-12-28-13-11-27)17-5-7-18(22)8-6-17/h3-9,20H,10-15H2,1-2H3,(H2,23,25,26). The van der Waals surface area contributed by atoms with Gasteiger partial charge in [0.25, 0.3) is 0 Å². The maximum Gasteiger partial charge on any atom is 0.191 e. The van der Waals surface area contributed by atoms with E-state index in [0.29, 0.717) is 32.3 Å². The number of guanidine groups is 1. The van der Waals surface area contributed by atoms with Gasteiger partial charge in [-0.15, -0.1) is 0 Å². The van der Waals surface area contributed by atoms with Crippen LogP contribution in [0.5, 0.6) is 0 Å². The average molecular weight is 385 g/mol. The van der Waals surface area contributed by atoms with Crippen LogP contribution in [-0.4, -0.2) is 55.7 Å². The van der Waals surface area contributed by atoms with E-state index in [1.165, 1.54) is 12.1 Å². The summed E-state index contributed by atoms with van der Waals surface area (Å²) in [5.41, 5.74) is 3.21. The van der Waals surface area contributed by atoms with Gasteiger partial charge in [0.15, 0.2) is 5.96 Å². The summed E-state index contributed by atoms with van der Waals surface area (Å²) in [5, 5.41) is 6.72. The topological polar surface area (TPSA) is 61.8 Å². The summed E-state index contributed by atoms with van der Waals surface area (Å²) in [5.74, 6) is 0.492. The second kappa shape index (κ2) is 10.1. The number of aromatic nitrogens is 1. The Kier molecular flexibility index (Phi) is 7.33. The molecule has 1 fully saturated rings. The molecule has 1 aromatic heterocycles. The molecular formula is C21H28FN5O. The number of ether oxygens (including phenoxy) is 1. The lowest BCUT2D eigenvalue weighted by molar-refractivity contribution is 0.0170. The zero-order chi connectivity index (χ0) is 19.8. The van der Waals surface area contributed by atoms with Crippen LogP contribution in [0.2, 0.25) is 0 Å². The Hall–Kier alpha value is -2.51. The van der Waals surface area contributed by atoms with Gasteiger partial charge in [0.1, 0.15) is 5.82 Å². The minimum Gasteiger partial charge on any atom is -0.379 e. The summed E-state index contributed by atoms with van der Waals surface area (Å²) >= 11 is 0. The monoisotopic (exact) mass is 385 g/mol. The number of nitrogens with one attached hydrogen (secondary N) is 2. The molecule has 2 heterocycles. The molecule has 1 saturated heterocycles. The van der Waals surface area contributed by atoms with Gasteiger partial charge >= 0.3 is 0 Å². The number of morpholine rings is 1. The second-order valence-electron chi connectivity index (χ2n) is 6.79. The van der Waals surface area contributed by atoms with Crippen LogP contribution in [0.25, 0.3) is 0 Å². The summed E-state index contributed by atoms with van der Waals surface area (Å²) in [6.07, 6.45) is 1.79. The SMILES string of the molecule is CN=C(NCc1ncccc1C)NCC(c1ccc(F)cc1)N1CCOCC1. The van der Waals surface area contributed by atoms with Crippen molar-refractivity contribution in [3.63, 3.8) is 0 Å². The number of halogens is 1. The zero-order valence-corrected chi connectivity index (χ0v) is 16.5. The third-order valence-corrected chi connectivity index (χ3v) is 4.97. The third-order valence-electron chi connectivity index (χ3n) is 4.97. The van der Waals surface area contributed by atoms with Crippen LogP contribution in [0.15, 0.2) is 47.6 Å². The van der Waals surface area contributed by atoms with E-state index in [9.17, 15) is 4.39 Å². The molecule has 1 unspecified atom stereocenters. The molecule has 150 valence electrons. The van der Waals surface area contributed by atoms with E-state index < -0.39 is 0 Å². The van der Waals surface area contributed by atoms with Gasteiger partial charge in [0, 0.05) is 32.9 Å². The highest BCUT2D eigenvalue weighted by molar-refractivity contribution is 5.79. The van der Waals surface area contributed by atoms with Gasteiger partial charge in [-0.1, -0.05) is 18.2 Å².